The molecule has 2 unspecified atom stereocenters. The molecule has 2 atom stereocenters. The van der Waals surface area contributed by atoms with Crippen molar-refractivity contribution >= 4 is 11.7 Å². The molecule has 0 N–H and O–H groups in total. The second-order valence-corrected chi connectivity index (χ2v) is 6.58. The Balaban J connectivity index is 2.22. The molecule has 0 spiro atoms. The Morgan fingerprint density at radius 1 is 1.30 bits per heavy atom. The Kier molecular flexibility index (Phi) is 4.45. The predicted molar refractivity (Wildman–Crippen MR) is 85.5 cm³/mol. The van der Waals surface area contributed by atoms with Gasteiger partial charge in [0.2, 0.25) is 0 Å². The van der Waals surface area contributed by atoms with Gasteiger partial charge in [0.1, 0.15) is 0 Å². The van der Waals surface area contributed by atoms with Gasteiger partial charge in [0.05, 0.1) is 24.0 Å². The predicted octanol–water partition coefficient (Wildman–Crippen LogP) is 3.75. The topological polar surface area (TPSA) is 78.7 Å². The lowest BCUT2D eigenvalue weighted by Crippen LogP contribution is -2.14. The van der Waals surface area contributed by atoms with E-state index < -0.39 is 10.9 Å². The highest BCUT2D eigenvalue weighted by atomic mass is 16.6. The molecule has 0 heterocycles. The van der Waals surface area contributed by atoms with E-state index in [1.807, 2.05) is 27.7 Å². The molecule has 0 aliphatic heterocycles. The van der Waals surface area contributed by atoms with Gasteiger partial charge in [-0.05, 0) is 31.2 Å². The number of nitro benzene ring substituents is 1. The molecule has 2 rings (SSSR count). The Labute approximate surface area is 135 Å². The van der Waals surface area contributed by atoms with Gasteiger partial charge in [0, 0.05) is 6.07 Å². The number of nitro groups is 1. The minimum Gasteiger partial charge on any atom is -0.493 e. The van der Waals surface area contributed by atoms with Crippen molar-refractivity contribution < 1.29 is 19.2 Å². The van der Waals surface area contributed by atoms with Gasteiger partial charge in [0.25, 0.3) is 5.69 Å². The number of ether oxygens (including phenoxy) is 2. The van der Waals surface area contributed by atoms with Crippen LogP contribution in [0.5, 0.6) is 11.5 Å². The van der Waals surface area contributed by atoms with E-state index in [-0.39, 0.29) is 28.7 Å². The third-order valence-corrected chi connectivity index (χ3v) is 4.25. The van der Waals surface area contributed by atoms with Crippen LogP contribution in [0.2, 0.25) is 0 Å². The quantitative estimate of drug-likeness (QED) is 0.271. The van der Waals surface area contributed by atoms with Gasteiger partial charge in [-0.3, -0.25) is 14.9 Å². The number of esters is 1. The number of hydrogen-bond acceptors (Lipinski definition) is 5. The first-order valence-corrected chi connectivity index (χ1v) is 7.37. The van der Waals surface area contributed by atoms with Crippen LogP contribution in [0.1, 0.15) is 27.7 Å². The molecule has 6 heteroatoms. The third-order valence-electron chi connectivity index (χ3n) is 4.25. The first-order valence-electron chi connectivity index (χ1n) is 7.37. The summed E-state index contributed by atoms with van der Waals surface area (Å²) in [5, 5.41) is 10.9. The SMILES string of the molecule is COc1ccc([N+](=O)[O-])cc1OC(=O)C1C(C=C(C)C)C1(C)C. The van der Waals surface area contributed by atoms with Crippen molar-refractivity contribution in [1.29, 1.82) is 0 Å². The number of allylic oxidation sites excluding steroid dienone is 2. The molecule has 1 saturated carbocycles. The van der Waals surface area contributed by atoms with E-state index in [9.17, 15) is 14.9 Å². The van der Waals surface area contributed by atoms with E-state index in [0.29, 0.717) is 5.75 Å². The van der Waals surface area contributed by atoms with Gasteiger partial charge in [-0.2, -0.15) is 0 Å². The Hall–Kier alpha value is -2.37. The van der Waals surface area contributed by atoms with E-state index >= 15 is 0 Å². The van der Waals surface area contributed by atoms with Crippen molar-refractivity contribution in [2.24, 2.45) is 17.3 Å². The van der Waals surface area contributed by atoms with Crippen LogP contribution in [-0.2, 0) is 4.79 Å². The minimum atomic E-state index is -0.538. The molecule has 0 aromatic heterocycles. The number of carbonyl (C=O) groups excluding carboxylic acids is 1. The molecular formula is C17H21NO5. The zero-order chi connectivity index (χ0) is 17.4. The summed E-state index contributed by atoms with van der Waals surface area (Å²) in [6, 6.07) is 3.94. The lowest BCUT2D eigenvalue weighted by Gasteiger charge is -2.09. The molecule has 1 aliphatic carbocycles. The first kappa shape index (κ1) is 17.0. The summed E-state index contributed by atoms with van der Waals surface area (Å²) in [5.41, 5.74) is 0.818. The first-order chi connectivity index (χ1) is 10.7. The molecule has 124 valence electrons. The van der Waals surface area contributed by atoms with Crippen LogP contribution >= 0.6 is 0 Å². The largest absolute Gasteiger partial charge is 0.493 e. The van der Waals surface area contributed by atoms with Crippen LogP contribution in [0.15, 0.2) is 29.8 Å². The van der Waals surface area contributed by atoms with E-state index in [2.05, 4.69) is 6.08 Å². The maximum absolute atomic E-state index is 12.5. The Bertz CT molecular complexity index is 674. The highest BCUT2D eigenvalue weighted by molar-refractivity contribution is 5.81. The monoisotopic (exact) mass is 319 g/mol. The van der Waals surface area contributed by atoms with E-state index in [1.165, 1.54) is 25.3 Å². The highest BCUT2D eigenvalue weighted by Crippen LogP contribution is 2.60. The molecule has 1 fully saturated rings. The molecule has 0 bridgehead atoms. The molecular weight excluding hydrogens is 298 g/mol. The number of nitrogens with zero attached hydrogens (tertiary/aromatic N) is 1. The summed E-state index contributed by atoms with van der Waals surface area (Å²) in [6.45, 7) is 7.99. The lowest BCUT2D eigenvalue weighted by atomic mass is 10.1. The Morgan fingerprint density at radius 3 is 2.48 bits per heavy atom. The van der Waals surface area contributed by atoms with Crippen molar-refractivity contribution in [2.75, 3.05) is 7.11 Å². The van der Waals surface area contributed by atoms with Crippen LogP contribution in [0.4, 0.5) is 5.69 Å². The smallest absolute Gasteiger partial charge is 0.315 e. The fourth-order valence-corrected chi connectivity index (χ4v) is 2.83. The second kappa shape index (κ2) is 6.02. The molecule has 1 aromatic carbocycles. The van der Waals surface area contributed by atoms with Gasteiger partial charge in [-0.1, -0.05) is 25.5 Å². The highest BCUT2D eigenvalue weighted by Gasteiger charge is 2.61. The van der Waals surface area contributed by atoms with E-state index in [1.54, 1.807) is 0 Å². The lowest BCUT2D eigenvalue weighted by molar-refractivity contribution is -0.384. The number of hydrogen-bond donors (Lipinski definition) is 0. The number of methoxy groups -OCH3 is 1. The number of non-ortho nitro benzene ring substituents is 1. The van der Waals surface area contributed by atoms with Gasteiger partial charge in [-0.15, -0.1) is 0 Å². The minimum absolute atomic E-state index is 0.0744. The van der Waals surface area contributed by atoms with Crippen molar-refractivity contribution in [2.45, 2.75) is 27.7 Å². The maximum Gasteiger partial charge on any atom is 0.315 e. The summed E-state index contributed by atoms with van der Waals surface area (Å²) in [6.07, 6.45) is 2.07. The molecule has 6 nitrogen and oxygen atoms in total. The van der Waals surface area contributed by atoms with Crippen molar-refractivity contribution in [3.63, 3.8) is 0 Å². The molecule has 0 amide bonds. The average molecular weight is 319 g/mol. The molecule has 23 heavy (non-hydrogen) atoms. The van der Waals surface area contributed by atoms with Crippen molar-refractivity contribution in [1.82, 2.24) is 0 Å². The third kappa shape index (κ3) is 3.36. The zero-order valence-electron chi connectivity index (χ0n) is 14.0. The number of carbonyl (C=O) groups is 1. The number of benzene rings is 1. The second-order valence-electron chi connectivity index (χ2n) is 6.58. The summed E-state index contributed by atoms with van der Waals surface area (Å²) in [5.74, 6) is -0.172. The Morgan fingerprint density at radius 2 is 1.96 bits per heavy atom. The van der Waals surface area contributed by atoms with E-state index in [4.69, 9.17) is 9.47 Å². The molecule has 0 saturated heterocycles. The van der Waals surface area contributed by atoms with Crippen molar-refractivity contribution in [3.05, 3.63) is 40.0 Å². The van der Waals surface area contributed by atoms with Crippen LogP contribution in [0.3, 0.4) is 0 Å². The fraction of sp³-hybridized carbons (Fsp3) is 0.471. The van der Waals surface area contributed by atoms with Crippen LogP contribution in [0, 0.1) is 27.4 Å². The van der Waals surface area contributed by atoms with E-state index in [0.717, 1.165) is 5.57 Å². The van der Waals surface area contributed by atoms with Gasteiger partial charge in [0.15, 0.2) is 11.5 Å². The summed E-state index contributed by atoms with van der Waals surface area (Å²) >= 11 is 0. The van der Waals surface area contributed by atoms with Crippen molar-refractivity contribution in [3.8, 4) is 11.5 Å². The number of rotatable bonds is 5. The summed E-state index contributed by atoms with van der Waals surface area (Å²) in [7, 11) is 1.42. The normalized spacial score (nSPS) is 21.3. The zero-order valence-corrected chi connectivity index (χ0v) is 14.0. The standard InChI is InChI=1S/C17H21NO5/c1-10(2)8-12-15(17(12,3)4)16(19)23-14-9-11(18(20)21)6-7-13(14)22-5/h6-9,12,15H,1-5H3. The fourth-order valence-electron chi connectivity index (χ4n) is 2.83. The van der Waals surface area contributed by atoms with Crippen LogP contribution in [-0.4, -0.2) is 18.0 Å². The molecule has 0 radical (unpaired) electrons. The van der Waals surface area contributed by atoms with Gasteiger partial charge in [-0.25, -0.2) is 0 Å². The van der Waals surface area contributed by atoms with Gasteiger partial charge < -0.3 is 9.47 Å². The summed E-state index contributed by atoms with van der Waals surface area (Å²) < 4.78 is 10.5. The maximum atomic E-state index is 12.5. The van der Waals surface area contributed by atoms with Crippen LogP contribution in [0.25, 0.3) is 0 Å². The summed E-state index contributed by atoms with van der Waals surface area (Å²) in [4.78, 5) is 22.8. The molecule has 1 aromatic rings. The van der Waals surface area contributed by atoms with Crippen LogP contribution < -0.4 is 9.47 Å². The molecule has 1 aliphatic rings. The average Bonchev–Trinajstić information content (AvgIpc) is 2.98. The van der Waals surface area contributed by atoms with Gasteiger partial charge >= 0.3 is 5.97 Å².